The number of halogens is 1. The van der Waals surface area contributed by atoms with Crippen molar-refractivity contribution in [1.82, 2.24) is 4.98 Å². The van der Waals surface area contributed by atoms with E-state index in [9.17, 15) is 0 Å². The number of nitrogens with one attached hydrogen (secondary N) is 1. The Morgan fingerprint density at radius 2 is 1.95 bits per heavy atom. The number of benzene rings is 2. The maximum atomic E-state index is 6.03. The number of nitrogens with zero attached hydrogens (tertiary/aromatic N) is 1. The molecule has 0 unspecified atom stereocenters. The molecule has 0 atom stereocenters. The molecule has 0 aliphatic carbocycles. The van der Waals surface area contributed by atoms with Gasteiger partial charge in [-0.2, -0.15) is 0 Å². The van der Waals surface area contributed by atoms with Crippen LogP contribution < -0.4 is 11.1 Å². The minimum absolute atomic E-state index is 0.743. The van der Waals surface area contributed by atoms with Crippen LogP contribution in [0.5, 0.6) is 0 Å². The summed E-state index contributed by atoms with van der Waals surface area (Å²) in [5.41, 5.74) is 8.70. The highest BCUT2D eigenvalue weighted by Gasteiger charge is 2.04. The van der Waals surface area contributed by atoms with Crippen LogP contribution in [-0.2, 0) is 0 Å². The van der Waals surface area contributed by atoms with Gasteiger partial charge in [-0.05, 0) is 58.3 Å². The lowest BCUT2D eigenvalue weighted by Gasteiger charge is -2.11. The van der Waals surface area contributed by atoms with Crippen LogP contribution in [0.3, 0.4) is 0 Å². The lowest BCUT2D eigenvalue weighted by Crippen LogP contribution is -1.97. The predicted octanol–water partition coefficient (Wildman–Crippen LogP) is 4.17. The summed E-state index contributed by atoms with van der Waals surface area (Å²) in [4.78, 5) is 4.18. The fraction of sp³-hybridized carbons (Fsp3) is 0. The van der Waals surface area contributed by atoms with Crippen molar-refractivity contribution in [3.63, 3.8) is 0 Å². The van der Waals surface area contributed by atoms with Crippen molar-refractivity contribution >= 4 is 50.4 Å². The van der Waals surface area contributed by atoms with E-state index in [1.165, 1.54) is 0 Å². The van der Waals surface area contributed by atoms with Gasteiger partial charge in [0.25, 0.3) is 0 Å². The van der Waals surface area contributed by atoms with Gasteiger partial charge in [-0.25, -0.2) is 0 Å². The number of rotatable bonds is 2. The summed E-state index contributed by atoms with van der Waals surface area (Å²) < 4.78 is 1.13. The lowest BCUT2D eigenvalue weighted by atomic mass is 10.1. The average molecular weight is 361 g/mol. The van der Waals surface area contributed by atoms with E-state index in [4.69, 9.17) is 5.73 Å². The normalized spacial score (nSPS) is 10.6. The molecule has 0 saturated heterocycles. The number of anilines is 3. The number of aromatic nitrogens is 1. The number of hydrogen-bond donors (Lipinski definition) is 2. The standard InChI is InChI=1S/C15H12IN3/c16-11-4-5-15(13(17)8-11)19-14-3-1-2-10-6-7-18-9-12(10)14/h1-9,19H,17H2. The van der Waals surface area contributed by atoms with E-state index < -0.39 is 0 Å². The molecular weight excluding hydrogens is 349 g/mol. The molecule has 3 aromatic rings. The monoisotopic (exact) mass is 361 g/mol. The molecule has 1 aromatic heterocycles. The molecule has 0 fully saturated rings. The Morgan fingerprint density at radius 1 is 1.05 bits per heavy atom. The van der Waals surface area contributed by atoms with E-state index >= 15 is 0 Å². The highest BCUT2D eigenvalue weighted by Crippen LogP contribution is 2.29. The Morgan fingerprint density at radius 3 is 2.79 bits per heavy atom. The average Bonchev–Trinajstić information content (AvgIpc) is 2.42. The largest absolute Gasteiger partial charge is 0.397 e. The van der Waals surface area contributed by atoms with Crippen molar-refractivity contribution in [2.24, 2.45) is 0 Å². The van der Waals surface area contributed by atoms with Crippen molar-refractivity contribution in [2.45, 2.75) is 0 Å². The van der Waals surface area contributed by atoms with Crippen molar-refractivity contribution in [2.75, 3.05) is 11.1 Å². The van der Waals surface area contributed by atoms with Gasteiger partial charge in [0.1, 0.15) is 0 Å². The molecule has 94 valence electrons. The van der Waals surface area contributed by atoms with Crippen LogP contribution in [0.1, 0.15) is 0 Å². The molecule has 3 N–H and O–H groups in total. The van der Waals surface area contributed by atoms with Crippen LogP contribution in [0.25, 0.3) is 10.8 Å². The van der Waals surface area contributed by atoms with Crippen LogP contribution >= 0.6 is 22.6 Å². The third kappa shape index (κ3) is 2.49. The minimum Gasteiger partial charge on any atom is -0.397 e. The fourth-order valence-corrected chi connectivity index (χ4v) is 2.53. The lowest BCUT2D eigenvalue weighted by molar-refractivity contribution is 1.36. The van der Waals surface area contributed by atoms with Crippen LogP contribution in [0.2, 0.25) is 0 Å². The minimum atomic E-state index is 0.743. The zero-order valence-corrected chi connectivity index (χ0v) is 12.3. The molecule has 0 aliphatic heterocycles. The molecular formula is C15H12IN3. The molecule has 0 amide bonds. The Hall–Kier alpha value is -1.82. The van der Waals surface area contributed by atoms with Crippen LogP contribution in [0, 0.1) is 3.57 Å². The molecule has 0 bridgehead atoms. The quantitative estimate of drug-likeness (QED) is 0.532. The summed E-state index contributed by atoms with van der Waals surface area (Å²) in [7, 11) is 0. The van der Waals surface area contributed by atoms with Crippen molar-refractivity contribution < 1.29 is 0 Å². The molecule has 3 nitrogen and oxygen atoms in total. The van der Waals surface area contributed by atoms with Crippen LogP contribution in [-0.4, -0.2) is 4.98 Å². The maximum absolute atomic E-state index is 6.03. The summed E-state index contributed by atoms with van der Waals surface area (Å²) in [6.07, 6.45) is 3.66. The molecule has 0 spiro atoms. The third-order valence-electron chi connectivity index (χ3n) is 2.97. The first kappa shape index (κ1) is 12.2. The van der Waals surface area contributed by atoms with Gasteiger partial charge in [0.15, 0.2) is 0 Å². The predicted molar refractivity (Wildman–Crippen MR) is 88.6 cm³/mol. The molecule has 0 saturated carbocycles. The summed E-state index contributed by atoms with van der Waals surface area (Å²) in [6, 6.07) is 14.1. The smallest absolute Gasteiger partial charge is 0.0618 e. The molecule has 3 rings (SSSR count). The third-order valence-corrected chi connectivity index (χ3v) is 3.64. The SMILES string of the molecule is Nc1cc(I)ccc1Nc1cccc2ccncc12. The molecule has 19 heavy (non-hydrogen) atoms. The van der Waals surface area contributed by atoms with Crippen molar-refractivity contribution in [3.8, 4) is 0 Å². The Balaban J connectivity index is 2.06. The number of nitrogen functional groups attached to an aromatic ring is 1. The molecule has 4 heteroatoms. The zero-order chi connectivity index (χ0) is 13.2. The van der Waals surface area contributed by atoms with Gasteiger partial charge in [0.2, 0.25) is 0 Å². The molecule has 0 radical (unpaired) electrons. The number of fused-ring (bicyclic) bond motifs is 1. The Labute approximate surface area is 125 Å². The number of pyridine rings is 1. The molecule has 2 aromatic carbocycles. The maximum Gasteiger partial charge on any atom is 0.0618 e. The van der Waals surface area contributed by atoms with E-state index in [1.54, 1.807) is 6.20 Å². The van der Waals surface area contributed by atoms with Gasteiger partial charge >= 0.3 is 0 Å². The van der Waals surface area contributed by atoms with E-state index in [0.29, 0.717) is 0 Å². The first-order valence-electron chi connectivity index (χ1n) is 5.89. The second-order valence-corrected chi connectivity index (χ2v) is 5.50. The fourth-order valence-electron chi connectivity index (χ4n) is 2.01. The van der Waals surface area contributed by atoms with E-state index in [0.717, 1.165) is 31.4 Å². The van der Waals surface area contributed by atoms with Gasteiger partial charge in [-0.15, -0.1) is 0 Å². The second kappa shape index (κ2) is 5.05. The first-order chi connectivity index (χ1) is 9.24. The van der Waals surface area contributed by atoms with Crippen LogP contribution in [0.15, 0.2) is 54.9 Å². The van der Waals surface area contributed by atoms with Gasteiger partial charge in [-0.3, -0.25) is 4.98 Å². The first-order valence-corrected chi connectivity index (χ1v) is 6.97. The van der Waals surface area contributed by atoms with Gasteiger partial charge in [-0.1, -0.05) is 12.1 Å². The zero-order valence-electron chi connectivity index (χ0n) is 10.1. The van der Waals surface area contributed by atoms with Crippen LogP contribution in [0.4, 0.5) is 17.1 Å². The van der Waals surface area contributed by atoms with Gasteiger partial charge in [0, 0.05) is 27.0 Å². The highest BCUT2D eigenvalue weighted by atomic mass is 127. The van der Waals surface area contributed by atoms with E-state index in [-0.39, 0.29) is 0 Å². The van der Waals surface area contributed by atoms with E-state index in [2.05, 4.69) is 39.0 Å². The second-order valence-electron chi connectivity index (χ2n) is 4.26. The highest BCUT2D eigenvalue weighted by molar-refractivity contribution is 14.1. The van der Waals surface area contributed by atoms with Gasteiger partial charge < -0.3 is 11.1 Å². The summed E-state index contributed by atoms with van der Waals surface area (Å²) >= 11 is 2.25. The Bertz CT molecular complexity index is 735. The van der Waals surface area contributed by atoms with Gasteiger partial charge in [0.05, 0.1) is 11.4 Å². The number of hydrogen-bond acceptors (Lipinski definition) is 3. The Kier molecular flexibility index (Phi) is 3.25. The topological polar surface area (TPSA) is 50.9 Å². The summed E-state index contributed by atoms with van der Waals surface area (Å²) in [5, 5.41) is 5.62. The van der Waals surface area contributed by atoms with Crippen molar-refractivity contribution in [3.05, 3.63) is 58.4 Å². The molecule has 0 aliphatic rings. The summed E-state index contributed by atoms with van der Waals surface area (Å²) in [5.74, 6) is 0. The van der Waals surface area contributed by atoms with E-state index in [1.807, 2.05) is 42.6 Å². The van der Waals surface area contributed by atoms with Crippen molar-refractivity contribution in [1.29, 1.82) is 0 Å². The summed E-state index contributed by atoms with van der Waals surface area (Å²) in [6.45, 7) is 0. The number of nitrogens with two attached hydrogens (primary N) is 1. The molecule has 1 heterocycles.